The lowest BCUT2D eigenvalue weighted by Crippen LogP contribution is -2.17. The molecule has 0 atom stereocenters. The highest BCUT2D eigenvalue weighted by atomic mass is 127. The highest BCUT2D eigenvalue weighted by molar-refractivity contribution is 14.1. The third-order valence-electron chi connectivity index (χ3n) is 4.12. The van der Waals surface area contributed by atoms with Crippen LogP contribution in [0, 0.1) is 7.14 Å². The predicted molar refractivity (Wildman–Crippen MR) is 132 cm³/mol. The molecule has 1 heterocycles. The molecule has 0 bridgehead atoms. The van der Waals surface area contributed by atoms with Gasteiger partial charge in [-0.25, -0.2) is 0 Å². The minimum atomic E-state index is -0.0712. The summed E-state index contributed by atoms with van der Waals surface area (Å²) in [6.45, 7) is 0.530. The Balaban J connectivity index is 1.56. The maximum absolute atomic E-state index is 12.4. The van der Waals surface area contributed by atoms with Crippen LogP contribution in [0.5, 0.6) is 5.75 Å². The fourth-order valence-corrected chi connectivity index (χ4v) is 5.86. The van der Waals surface area contributed by atoms with Gasteiger partial charge in [0.15, 0.2) is 0 Å². The first-order valence-electron chi connectivity index (χ1n) is 8.56. The maximum atomic E-state index is 12.4. The number of fused-ring (bicyclic) bond motifs is 1. The second-order valence-corrected chi connectivity index (χ2v) is 9.56. The maximum Gasteiger partial charge on any atom is 0.262 e. The molecular formula is C22H15I2NO2S. The lowest BCUT2D eigenvalue weighted by atomic mass is 10.2. The molecule has 3 aromatic rings. The molecule has 4 rings (SSSR count). The Labute approximate surface area is 195 Å². The van der Waals surface area contributed by atoms with Crippen LogP contribution >= 0.6 is 56.9 Å². The molecule has 0 saturated heterocycles. The van der Waals surface area contributed by atoms with Crippen molar-refractivity contribution in [3.8, 4) is 5.75 Å². The second-order valence-electron chi connectivity index (χ2n) is 6.15. The van der Waals surface area contributed by atoms with Gasteiger partial charge in [0.2, 0.25) is 0 Å². The zero-order valence-electron chi connectivity index (χ0n) is 14.6. The van der Waals surface area contributed by atoms with Gasteiger partial charge in [0, 0.05) is 4.90 Å². The van der Waals surface area contributed by atoms with Crippen molar-refractivity contribution >= 4 is 74.6 Å². The summed E-state index contributed by atoms with van der Waals surface area (Å²) in [5.74, 6) is 0.802. The van der Waals surface area contributed by atoms with Gasteiger partial charge in [-0.2, -0.15) is 0 Å². The van der Waals surface area contributed by atoms with Crippen LogP contribution in [-0.2, 0) is 11.4 Å². The lowest BCUT2D eigenvalue weighted by Gasteiger charge is -2.18. The van der Waals surface area contributed by atoms with Crippen molar-refractivity contribution in [2.45, 2.75) is 11.5 Å². The number of anilines is 1. The van der Waals surface area contributed by atoms with Crippen LogP contribution in [0.25, 0.3) is 6.08 Å². The summed E-state index contributed by atoms with van der Waals surface area (Å²) >= 11 is 6.07. The van der Waals surface area contributed by atoms with E-state index < -0.39 is 0 Å². The summed E-state index contributed by atoms with van der Waals surface area (Å²) in [7, 11) is 0. The minimum absolute atomic E-state index is 0.0712. The van der Waals surface area contributed by atoms with Crippen LogP contribution in [0.1, 0.15) is 11.1 Å². The van der Waals surface area contributed by atoms with E-state index in [9.17, 15) is 4.79 Å². The highest BCUT2D eigenvalue weighted by Crippen LogP contribution is 2.39. The zero-order valence-corrected chi connectivity index (χ0v) is 19.7. The van der Waals surface area contributed by atoms with E-state index in [1.54, 1.807) is 0 Å². The minimum Gasteiger partial charge on any atom is -0.487 e. The van der Waals surface area contributed by atoms with Gasteiger partial charge in [-0.05, 0) is 86.7 Å². The average Bonchev–Trinajstić information content (AvgIpc) is 2.69. The Morgan fingerprint density at radius 1 is 0.964 bits per heavy atom. The number of hydrogen-bond acceptors (Lipinski definition) is 3. The number of hydrogen-bond donors (Lipinski definition) is 1. The Hall–Kier alpha value is -1.52. The van der Waals surface area contributed by atoms with Gasteiger partial charge in [0.1, 0.15) is 12.4 Å². The zero-order chi connectivity index (χ0) is 19.5. The summed E-state index contributed by atoms with van der Waals surface area (Å²) in [6.07, 6.45) is 1.93. The van der Waals surface area contributed by atoms with E-state index in [0.29, 0.717) is 11.5 Å². The van der Waals surface area contributed by atoms with Crippen LogP contribution < -0.4 is 10.1 Å². The first-order chi connectivity index (χ1) is 13.6. The van der Waals surface area contributed by atoms with E-state index in [-0.39, 0.29) is 5.91 Å². The number of para-hydroxylation sites is 1. The summed E-state index contributed by atoms with van der Waals surface area (Å²) < 4.78 is 8.09. The van der Waals surface area contributed by atoms with E-state index in [1.807, 2.05) is 60.7 Å². The third-order valence-corrected chi connectivity index (χ3v) is 6.82. The first kappa shape index (κ1) is 19.8. The third kappa shape index (κ3) is 4.55. The highest BCUT2D eigenvalue weighted by Gasteiger charge is 2.20. The van der Waals surface area contributed by atoms with Crippen LogP contribution in [0.4, 0.5) is 5.69 Å². The number of benzene rings is 3. The van der Waals surface area contributed by atoms with Crippen molar-refractivity contribution in [1.29, 1.82) is 0 Å². The predicted octanol–water partition coefficient (Wildman–Crippen LogP) is 6.56. The van der Waals surface area contributed by atoms with Gasteiger partial charge in [-0.1, -0.05) is 54.2 Å². The molecular weight excluding hydrogens is 596 g/mol. The molecule has 0 aromatic heterocycles. The van der Waals surface area contributed by atoms with E-state index in [4.69, 9.17) is 4.74 Å². The number of nitrogens with one attached hydrogen (secondary N) is 1. The molecule has 0 aliphatic carbocycles. The number of carbonyl (C=O) groups is 1. The Bertz CT molecular complexity index is 1040. The van der Waals surface area contributed by atoms with Gasteiger partial charge in [0.25, 0.3) is 5.91 Å². The Morgan fingerprint density at radius 2 is 1.64 bits per heavy atom. The summed E-state index contributed by atoms with van der Waals surface area (Å²) in [5, 5.41) is 2.95. The normalized spacial score (nSPS) is 14.5. The number of thioether (sulfide) groups is 1. The van der Waals surface area contributed by atoms with Gasteiger partial charge < -0.3 is 10.1 Å². The van der Waals surface area contributed by atoms with Gasteiger partial charge in [0.05, 0.1) is 17.7 Å². The molecule has 1 N–H and O–H groups in total. The van der Waals surface area contributed by atoms with Crippen LogP contribution in [0.2, 0.25) is 0 Å². The molecule has 0 unspecified atom stereocenters. The van der Waals surface area contributed by atoms with Crippen molar-refractivity contribution in [2.75, 3.05) is 5.32 Å². The molecule has 1 aliphatic heterocycles. The number of ether oxygens (including phenoxy) is 1. The molecule has 140 valence electrons. The molecule has 3 aromatic carbocycles. The van der Waals surface area contributed by atoms with Gasteiger partial charge in [-0.3, -0.25) is 4.79 Å². The van der Waals surface area contributed by atoms with Crippen LogP contribution in [-0.4, -0.2) is 5.91 Å². The fourth-order valence-electron chi connectivity index (χ4n) is 2.78. The average molecular weight is 611 g/mol. The molecule has 0 saturated carbocycles. The Morgan fingerprint density at radius 3 is 2.39 bits per heavy atom. The largest absolute Gasteiger partial charge is 0.487 e. The molecule has 28 heavy (non-hydrogen) atoms. The topological polar surface area (TPSA) is 38.3 Å². The van der Waals surface area contributed by atoms with Gasteiger partial charge in [-0.15, -0.1) is 0 Å². The second kappa shape index (κ2) is 8.87. The molecule has 0 spiro atoms. The van der Waals surface area contributed by atoms with Gasteiger partial charge >= 0.3 is 0 Å². The number of halogens is 2. The first-order valence-corrected chi connectivity index (χ1v) is 11.5. The number of carbonyl (C=O) groups excluding carboxylic acids is 1. The standard InChI is InChI=1S/C22H15I2NO2S/c23-16-10-15(11-17(24)21(16)27-13-14-6-2-1-3-7-14)12-20-22(26)25-18-8-4-5-9-19(18)28-20/h1-12H,13H2,(H,25,26)/b20-12-. The molecule has 0 fully saturated rings. The van der Waals surface area contributed by atoms with E-state index in [2.05, 4.69) is 62.6 Å². The monoisotopic (exact) mass is 611 g/mol. The summed E-state index contributed by atoms with van der Waals surface area (Å²) in [5.41, 5.74) is 2.98. The molecule has 3 nitrogen and oxygen atoms in total. The quantitative estimate of drug-likeness (QED) is 0.269. The van der Waals surface area contributed by atoms with Crippen molar-refractivity contribution in [1.82, 2.24) is 0 Å². The van der Waals surface area contributed by atoms with Crippen molar-refractivity contribution in [2.24, 2.45) is 0 Å². The van der Waals surface area contributed by atoms with Crippen LogP contribution in [0.15, 0.2) is 76.5 Å². The van der Waals surface area contributed by atoms with Crippen LogP contribution in [0.3, 0.4) is 0 Å². The van der Waals surface area contributed by atoms with Crippen molar-refractivity contribution in [3.05, 3.63) is 89.9 Å². The SMILES string of the molecule is O=C1Nc2ccccc2S/C1=C\c1cc(I)c(OCc2ccccc2)c(I)c1. The summed E-state index contributed by atoms with van der Waals surface area (Å²) in [6, 6.07) is 22.0. The van der Waals surface area contributed by atoms with E-state index in [0.717, 1.165) is 34.6 Å². The molecule has 1 amide bonds. The van der Waals surface area contributed by atoms with Crippen molar-refractivity contribution < 1.29 is 9.53 Å². The Kier molecular flexibility index (Phi) is 6.27. The van der Waals surface area contributed by atoms with E-state index >= 15 is 0 Å². The lowest BCUT2D eigenvalue weighted by molar-refractivity contribution is -0.112. The number of amides is 1. The smallest absolute Gasteiger partial charge is 0.262 e. The molecule has 0 radical (unpaired) electrons. The van der Waals surface area contributed by atoms with Crippen molar-refractivity contribution in [3.63, 3.8) is 0 Å². The molecule has 1 aliphatic rings. The number of rotatable bonds is 4. The van der Waals surface area contributed by atoms with E-state index in [1.165, 1.54) is 11.8 Å². The summed E-state index contributed by atoms with van der Waals surface area (Å²) in [4.78, 5) is 14.2. The fraction of sp³-hybridized carbons (Fsp3) is 0.0455. The molecule has 6 heteroatoms.